The van der Waals surface area contributed by atoms with E-state index in [9.17, 15) is 43.5 Å². The van der Waals surface area contributed by atoms with Crippen LogP contribution >= 0.6 is 0 Å². The second-order valence-electron chi connectivity index (χ2n) is 21.9. The van der Waals surface area contributed by atoms with Crippen LogP contribution < -0.4 is 16.0 Å². The minimum absolute atomic E-state index is 0.0202. The van der Waals surface area contributed by atoms with Crippen molar-refractivity contribution in [1.82, 2.24) is 25.8 Å². The largest absolute Gasteiger partial charge is 0.464 e. The summed E-state index contributed by atoms with van der Waals surface area (Å²) in [7, 11) is 1.40. The van der Waals surface area contributed by atoms with E-state index in [0.717, 1.165) is 27.7 Å². The van der Waals surface area contributed by atoms with Crippen LogP contribution in [-0.4, -0.2) is 137 Å². The van der Waals surface area contributed by atoms with Gasteiger partial charge in [0.1, 0.15) is 42.5 Å². The number of carbonyl (C=O) groups excluding carboxylic acids is 8. The van der Waals surface area contributed by atoms with Gasteiger partial charge in [-0.3, -0.25) is 24.1 Å². The molecule has 0 spiro atoms. The number of nitrogens with zero attached hydrogens (tertiary/aromatic N) is 2. The van der Waals surface area contributed by atoms with Crippen LogP contribution in [0, 0.1) is 17.8 Å². The molecule has 0 bridgehead atoms. The Kier molecular flexibility index (Phi) is 24.2. The number of alkyl carbamates (subject to hydrolysis) is 1. The molecule has 3 aromatic rings. The predicted octanol–water partition coefficient (Wildman–Crippen LogP) is 7.17. The third kappa shape index (κ3) is 19.6. The SMILES string of the molecule is CCCCOC(=O)[C@@H]1CCCN1C(=O)[C@H](CC(C)C)NC(=O)[C@@H](OC(=O)C[C@H](O)[C@H](NC(=O)[C@@H](NC(=O)OC(C)(C)C)[C@@H](C)OC(=O)[C@H](Cc1ccc2ccccc2c1)N(C)C(=O)OCc1ccccc1)C(C)C)C(C)C. The Balaban J connectivity index is 1.52. The van der Waals surface area contributed by atoms with Crippen LogP contribution in [0.4, 0.5) is 9.59 Å². The lowest BCUT2D eigenvalue weighted by Gasteiger charge is -2.33. The third-order valence-corrected chi connectivity index (χ3v) is 13.0. The van der Waals surface area contributed by atoms with Crippen LogP contribution in [0.1, 0.15) is 126 Å². The van der Waals surface area contributed by atoms with Gasteiger partial charge in [0.05, 0.1) is 25.2 Å². The Labute approximate surface area is 453 Å². The standard InChI is InChI=1S/C58H83N5O14/c1-13-14-29-73-54(69)44-25-20-28-63(44)53(68)43(30-35(2)3)59-52(67)50(37(6)7)76-47(65)33-46(64)48(36(4)5)60-51(66)49(61-56(71)77-58(9,10)11)38(8)75-55(70)45(32-40-26-27-41-23-18-19-24-42(41)31-40)62(12)57(72)74-34-39-21-16-15-17-22-39/h15-19,21-24,26-27,31,35-38,43-46,48-50,64H,13-14,20,25,28-30,32-34H2,1-12H3,(H,59,67)(H,60,66)(H,61,71)/t38-,43+,44+,45+,46+,48-,49+,50+/m1/s1. The zero-order valence-corrected chi connectivity index (χ0v) is 47.0. The van der Waals surface area contributed by atoms with E-state index in [0.29, 0.717) is 31.4 Å². The number of benzene rings is 3. The lowest BCUT2D eigenvalue weighted by atomic mass is 9.95. The molecule has 4 rings (SSSR count). The van der Waals surface area contributed by atoms with E-state index >= 15 is 0 Å². The van der Waals surface area contributed by atoms with Crippen LogP contribution in [0.25, 0.3) is 10.8 Å². The van der Waals surface area contributed by atoms with Gasteiger partial charge in [0.15, 0.2) is 6.10 Å². The maximum atomic E-state index is 14.4. The highest BCUT2D eigenvalue weighted by Gasteiger charge is 2.42. The summed E-state index contributed by atoms with van der Waals surface area (Å²) in [4.78, 5) is 113. The number of hydrogen-bond donors (Lipinski definition) is 4. The number of likely N-dealkylation sites (N-methyl/N-ethyl adjacent to an activating group) is 1. The van der Waals surface area contributed by atoms with E-state index in [1.807, 2.05) is 69.3 Å². The summed E-state index contributed by atoms with van der Waals surface area (Å²) in [6.07, 6.45) is -4.22. The number of unbranched alkanes of at least 4 members (excludes halogenated alkanes) is 1. The number of amides is 5. The van der Waals surface area contributed by atoms with E-state index in [-0.39, 0.29) is 32.0 Å². The van der Waals surface area contributed by atoms with Crippen LogP contribution in [0.5, 0.6) is 0 Å². The van der Waals surface area contributed by atoms with Crippen molar-refractivity contribution >= 4 is 58.6 Å². The van der Waals surface area contributed by atoms with Crippen LogP contribution in [0.15, 0.2) is 72.8 Å². The van der Waals surface area contributed by atoms with E-state index in [4.69, 9.17) is 23.7 Å². The molecule has 0 radical (unpaired) electrons. The smallest absolute Gasteiger partial charge is 0.410 e. The van der Waals surface area contributed by atoms with Gasteiger partial charge in [0, 0.05) is 20.0 Å². The quantitative estimate of drug-likeness (QED) is 0.0354. The number of ether oxygens (including phenoxy) is 5. The van der Waals surface area contributed by atoms with Crippen molar-refractivity contribution in [2.24, 2.45) is 17.8 Å². The minimum Gasteiger partial charge on any atom is -0.464 e. The van der Waals surface area contributed by atoms with Crippen molar-refractivity contribution in [3.63, 3.8) is 0 Å². The number of nitrogens with one attached hydrogen (secondary N) is 3. The van der Waals surface area contributed by atoms with Gasteiger partial charge in [-0.05, 0) is 93.0 Å². The van der Waals surface area contributed by atoms with E-state index in [1.54, 1.807) is 72.7 Å². The lowest BCUT2D eigenvalue weighted by molar-refractivity contribution is -0.162. The normalized spacial score (nSPS) is 16.3. The summed E-state index contributed by atoms with van der Waals surface area (Å²) in [6, 6.07) is 16.3. The summed E-state index contributed by atoms with van der Waals surface area (Å²) in [5.41, 5.74) is 0.402. The van der Waals surface area contributed by atoms with Gasteiger partial charge in [-0.25, -0.2) is 19.2 Å². The third-order valence-electron chi connectivity index (χ3n) is 13.0. The molecule has 0 aliphatic carbocycles. The monoisotopic (exact) mass is 1070 g/mol. The second-order valence-corrected chi connectivity index (χ2v) is 21.9. The first-order chi connectivity index (χ1) is 36.3. The molecule has 0 aromatic heterocycles. The molecule has 0 unspecified atom stereocenters. The number of fused-ring (bicyclic) bond motifs is 1. The molecule has 0 saturated carbocycles. The molecule has 424 valence electrons. The Bertz CT molecular complexity index is 2460. The topological polar surface area (TPSA) is 246 Å². The second kappa shape index (κ2) is 29.7. The van der Waals surface area contributed by atoms with Crippen molar-refractivity contribution < 1.29 is 67.1 Å². The summed E-state index contributed by atoms with van der Waals surface area (Å²) in [5.74, 6) is -5.69. The van der Waals surface area contributed by atoms with Gasteiger partial charge in [0.25, 0.3) is 5.91 Å². The Morgan fingerprint density at radius 1 is 0.779 bits per heavy atom. The summed E-state index contributed by atoms with van der Waals surface area (Å²) >= 11 is 0. The van der Waals surface area contributed by atoms with E-state index in [1.165, 1.54) is 18.9 Å². The van der Waals surface area contributed by atoms with Crippen molar-refractivity contribution in [3.05, 3.63) is 83.9 Å². The van der Waals surface area contributed by atoms with Crippen LogP contribution in [-0.2, 0) is 65.5 Å². The van der Waals surface area contributed by atoms with E-state index in [2.05, 4.69) is 16.0 Å². The van der Waals surface area contributed by atoms with Gasteiger partial charge in [-0.15, -0.1) is 0 Å². The van der Waals surface area contributed by atoms with Gasteiger partial charge in [-0.2, -0.15) is 0 Å². The Morgan fingerprint density at radius 2 is 1.44 bits per heavy atom. The Morgan fingerprint density at radius 3 is 2.06 bits per heavy atom. The summed E-state index contributed by atoms with van der Waals surface area (Å²) in [6.45, 7) is 19.1. The number of aliphatic hydroxyl groups excluding tert-OH is 1. The molecule has 1 saturated heterocycles. The maximum absolute atomic E-state index is 14.4. The maximum Gasteiger partial charge on any atom is 0.410 e. The first kappa shape index (κ1) is 62.8. The average Bonchev–Trinajstić information content (AvgIpc) is 3.86. The number of likely N-dealkylation sites (tertiary alicyclic amines) is 1. The number of esters is 3. The fourth-order valence-corrected chi connectivity index (χ4v) is 8.85. The summed E-state index contributed by atoms with van der Waals surface area (Å²) in [5, 5.41) is 21.5. The summed E-state index contributed by atoms with van der Waals surface area (Å²) < 4.78 is 28.2. The molecule has 19 nitrogen and oxygen atoms in total. The molecule has 1 fully saturated rings. The molecule has 77 heavy (non-hydrogen) atoms. The number of carbonyl (C=O) groups is 8. The van der Waals surface area contributed by atoms with Crippen LogP contribution in [0.3, 0.4) is 0 Å². The molecule has 3 aromatic carbocycles. The molecule has 1 aliphatic rings. The number of hydrogen-bond acceptors (Lipinski definition) is 14. The highest BCUT2D eigenvalue weighted by Crippen LogP contribution is 2.24. The highest BCUT2D eigenvalue weighted by atomic mass is 16.6. The molecular weight excluding hydrogens is 991 g/mol. The van der Waals surface area contributed by atoms with Crippen molar-refractivity contribution in [3.8, 4) is 0 Å². The molecule has 1 aliphatic heterocycles. The molecular formula is C58H83N5O14. The first-order valence-electron chi connectivity index (χ1n) is 26.9. The molecule has 4 N–H and O–H groups in total. The average molecular weight is 1070 g/mol. The fraction of sp³-hybridized carbons (Fsp3) is 0.586. The molecule has 5 amide bonds. The first-order valence-corrected chi connectivity index (χ1v) is 26.9. The Hall–Kier alpha value is -6.76. The van der Waals surface area contributed by atoms with Crippen LogP contribution in [0.2, 0.25) is 0 Å². The zero-order valence-electron chi connectivity index (χ0n) is 47.0. The van der Waals surface area contributed by atoms with E-state index < -0.39 is 120 Å². The zero-order chi connectivity index (χ0) is 57.1. The molecule has 19 heteroatoms. The minimum atomic E-state index is -1.65. The molecule has 8 atom stereocenters. The predicted molar refractivity (Wildman–Crippen MR) is 289 cm³/mol. The lowest BCUT2D eigenvalue weighted by Crippen LogP contribution is -2.59. The van der Waals surface area contributed by atoms with Gasteiger partial charge in [0.2, 0.25) is 11.8 Å². The molecule has 1 heterocycles. The highest BCUT2D eigenvalue weighted by molar-refractivity contribution is 5.93. The number of rotatable bonds is 26. The van der Waals surface area contributed by atoms with Gasteiger partial charge in [-0.1, -0.05) is 128 Å². The van der Waals surface area contributed by atoms with Crippen molar-refractivity contribution in [2.75, 3.05) is 20.2 Å². The fourth-order valence-electron chi connectivity index (χ4n) is 8.85. The van der Waals surface area contributed by atoms with Crippen molar-refractivity contribution in [1.29, 1.82) is 0 Å². The van der Waals surface area contributed by atoms with Gasteiger partial charge < -0.3 is 49.6 Å². The van der Waals surface area contributed by atoms with Crippen molar-refractivity contribution in [2.45, 2.75) is 182 Å². The van der Waals surface area contributed by atoms with Gasteiger partial charge >= 0.3 is 30.1 Å². The number of aliphatic hydroxyl groups is 1.